The Labute approximate surface area is 173 Å². The van der Waals surface area contributed by atoms with Gasteiger partial charge in [-0.2, -0.15) is 0 Å². The van der Waals surface area contributed by atoms with Gasteiger partial charge in [-0.05, 0) is 43.4 Å². The summed E-state index contributed by atoms with van der Waals surface area (Å²) in [5, 5.41) is 6.94. The Morgan fingerprint density at radius 1 is 1.26 bits per heavy atom. The maximum absolute atomic E-state index is 12.2. The Morgan fingerprint density at radius 3 is 2.78 bits per heavy atom. The lowest BCUT2D eigenvalue weighted by molar-refractivity contribution is -0.118. The smallest absolute Gasteiger partial charge is 0.252 e. The largest absolute Gasteiger partial charge is 0.352 e. The van der Waals surface area contributed by atoms with Crippen molar-refractivity contribution in [2.75, 3.05) is 13.1 Å². The van der Waals surface area contributed by atoms with Gasteiger partial charge in [-0.3, -0.25) is 14.6 Å². The fourth-order valence-corrected chi connectivity index (χ4v) is 4.81. The molecule has 2 amide bonds. The first kappa shape index (κ1) is 20.5. The van der Waals surface area contributed by atoms with E-state index in [4.69, 9.17) is 23.2 Å². The fraction of sp³-hybridized carbons (Fsp3) is 0.526. The van der Waals surface area contributed by atoms with Crippen LogP contribution < -0.4 is 10.6 Å². The summed E-state index contributed by atoms with van der Waals surface area (Å²) >= 11 is 13.3. The molecule has 27 heavy (non-hydrogen) atoms. The number of carbonyl (C=O) groups excluding carboxylic acids is 2. The van der Waals surface area contributed by atoms with E-state index in [0.29, 0.717) is 39.7 Å². The minimum Gasteiger partial charge on any atom is -0.352 e. The average molecular weight is 428 g/mol. The number of nitrogens with one attached hydrogen (secondary N) is 2. The van der Waals surface area contributed by atoms with Crippen molar-refractivity contribution in [2.24, 2.45) is 10.9 Å². The molecule has 146 valence electrons. The summed E-state index contributed by atoms with van der Waals surface area (Å²) in [6, 6.07) is 4.75. The molecule has 1 saturated heterocycles. The molecule has 3 rings (SSSR count). The highest BCUT2D eigenvalue weighted by molar-refractivity contribution is 8.15. The maximum atomic E-state index is 12.2. The van der Waals surface area contributed by atoms with Crippen LogP contribution in [0.15, 0.2) is 23.2 Å². The van der Waals surface area contributed by atoms with Crippen LogP contribution in [-0.4, -0.2) is 35.3 Å². The molecule has 2 aliphatic rings. The fourth-order valence-electron chi connectivity index (χ4n) is 3.34. The lowest BCUT2D eigenvalue weighted by atomic mass is 9.89. The standard InChI is InChI=1S/C19H23Cl2N3O2S/c20-13-6-7-14(15(21)10-13)17(25)22-9-8-16-18(26)24-19(27-16)23-11-12-4-2-1-3-5-12/h6-7,10,12,16H,1-5,8-9,11H2,(H,22,25)(H,23,24,26). The van der Waals surface area contributed by atoms with E-state index in [1.54, 1.807) is 12.1 Å². The molecule has 0 aromatic heterocycles. The molecule has 1 aromatic rings. The van der Waals surface area contributed by atoms with Gasteiger partial charge in [-0.25, -0.2) is 0 Å². The molecule has 5 nitrogen and oxygen atoms in total. The number of amides is 2. The molecule has 1 aromatic carbocycles. The van der Waals surface area contributed by atoms with E-state index in [0.717, 1.165) is 6.54 Å². The van der Waals surface area contributed by atoms with Crippen molar-refractivity contribution in [3.8, 4) is 0 Å². The summed E-state index contributed by atoms with van der Waals surface area (Å²) in [5.41, 5.74) is 0.374. The normalized spacial score (nSPS) is 22.1. The summed E-state index contributed by atoms with van der Waals surface area (Å²) in [7, 11) is 0. The summed E-state index contributed by atoms with van der Waals surface area (Å²) < 4.78 is 0. The zero-order chi connectivity index (χ0) is 19.2. The van der Waals surface area contributed by atoms with Crippen molar-refractivity contribution in [1.29, 1.82) is 0 Å². The number of benzene rings is 1. The van der Waals surface area contributed by atoms with E-state index >= 15 is 0 Å². The van der Waals surface area contributed by atoms with E-state index in [1.165, 1.54) is 49.9 Å². The van der Waals surface area contributed by atoms with Crippen LogP contribution in [0.3, 0.4) is 0 Å². The van der Waals surface area contributed by atoms with Crippen LogP contribution in [0.5, 0.6) is 0 Å². The predicted molar refractivity (Wildman–Crippen MR) is 112 cm³/mol. The van der Waals surface area contributed by atoms with Gasteiger partial charge in [0.25, 0.3) is 5.91 Å². The highest BCUT2D eigenvalue weighted by Gasteiger charge is 2.30. The zero-order valence-corrected chi connectivity index (χ0v) is 17.3. The molecule has 1 heterocycles. The van der Waals surface area contributed by atoms with Crippen molar-refractivity contribution in [2.45, 2.75) is 43.8 Å². The number of thioether (sulfide) groups is 1. The van der Waals surface area contributed by atoms with Gasteiger partial charge < -0.3 is 10.6 Å². The molecule has 0 bridgehead atoms. The molecule has 2 N–H and O–H groups in total. The van der Waals surface area contributed by atoms with Crippen molar-refractivity contribution in [1.82, 2.24) is 10.6 Å². The van der Waals surface area contributed by atoms with E-state index in [2.05, 4.69) is 15.6 Å². The minimum atomic E-state index is -0.272. The number of rotatable bonds is 6. The Kier molecular flexibility index (Phi) is 7.44. The summed E-state index contributed by atoms with van der Waals surface area (Å²) in [6.45, 7) is 1.18. The van der Waals surface area contributed by atoms with Crippen LogP contribution in [0, 0.1) is 5.92 Å². The lowest BCUT2D eigenvalue weighted by Gasteiger charge is -2.19. The van der Waals surface area contributed by atoms with Crippen LogP contribution in [0.1, 0.15) is 48.9 Å². The first-order valence-electron chi connectivity index (χ1n) is 9.28. The average Bonchev–Trinajstić information content (AvgIpc) is 3.00. The molecular weight excluding hydrogens is 405 g/mol. The SMILES string of the molecule is O=C(NCCC1SC(=NCC2CCCCC2)NC1=O)c1ccc(Cl)cc1Cl. The minimum absolute atomic E-state index is 0.0406. The van der Waals surface area contributed by atoms with Crippen LogP contribution >= 0.6 is 35.0 Å². The molecule has 1 aliphatic carbocycles. The second-order valence-corrected chi connectivity index (χ2v) is 8.95. The van der Waals surface area contributed by atoms with Gasteiger partial charge in [-0.1, -0.05) is 54.2 Å². The Hall–Kier alpha value is -1.24. The molecule has 0 spiro atoms. The highest BCUT2D eigenvalue weighted by atomic mass is 35.5. The third-order valence-electron chi connectivity index (χ3n) is 4.86. The van der Waals surface area contributed by atoms with E-state index in [-0.39, 0.29) is 17.1 Å². The number of halogens is 2. The molecular formula is C19H23Cl2N3O2S. The van der Waals surface area contributed by atoms with Gasteiger partial charge in [0.2, 0.25) is 5.91 Å². The van der Waals surface area contributed by atoms with Crippen molar-refractivity contribution >= 4 is 51.9 Å². The van der Waals surface area contributed by atoms with Gasteiger partial charge in [-0.15, -0.1) is 0 Å². The topological polar surface area (TPSA) is 70.6 Å². The summed E-state index contributed by atoms with van der Waals surface area (Å²) in [5.74, 6) is 0.332. The van der Waals surface area contributed by atoms with Crippen molar-refractivity contribution in [3.05, 3.63) is 33.8 Å². The van der Waals surface area contributed by atoms with E-state index in [9.17, 15) is 9.59 Å². The van der Waals surface area contributed by atoms with Gasteiger partial charge in [0, 0.05) is 18.1 Å². The molecule has 2 fully saturated rings. The Bertz CT molecular complexity index is 736. The Balaban J connectivity index is 1.44. The number of carbonyl (C=O) groups is 2. The molecule has 8 heteroatoms. The van der Waals surface area contributed by atoms with E-state index in [1.807, 2.05) is 0 Å². The van der Waals surface area contributed by atoms with Crippen LogP contribution in [0.4, 0.5) is 0 Å². The third-order valence-corrected chi connectivity index (χ3v) is 6.60. The third kappa shape index (κ3) is 5.87. The van der Waals surface area contributed by atoms with E-state index < -0.39 is 0 Å². The van der Waals surface area contributed by atoms with Crippen LogP contribution in [0.2, 0.25) is 10.0 Å². The predicted octanol–water partition coefficient (Wildman–Crippen LogP) is 4.28. The summed E-state index contributed by atoms with van der Waals surface area (Å²) in [4.78, 5) is 28.9. The maximum Gasteiger partial charge on any atom is 0.252 e. The number of hydrogen-bond donors (Lipinski definition) is 2. The Morgan fingerprint density at radius 2 is 2.04 bits per heavy atom. The lowest BCUT2D eigenvalue weighted by Crippen LogP contribution is -2.30. The molecule has 1 atom stereocenters. The van der Waals surface area contributed by atoms with Crippen molar-refractivity contribution in [3.63, 3.8) is 0 Å². The van der Waals surface area contributed by atoms with Crippen LogP contribution in [-0.2, 0) is 4.79 Å². The number of nitrogens with zero attached hydrogens (tertiary/aromatic N) is 1. The number of aliphatic imine (C=N–C) groups is 1. The first-order chi connectivity index (χ1) is 13.0. The second-order valence-electron chi connectivity index (χ2n) is 6.91. The highest BCUT2D eigenvalue weighted by Crippen LogP contribution is 2.26. The van der Waals surface area contributed by atoms with Gasteiger partial charge in [0.1, 0.15) is 0 Å². The van der Waals surface area contributed by atoms with Crippen molar-refractivity contribution < 1.29 is 9.59 Å². The van der Waals surface area contributed by atoms with Crippen LogP contribution in [0.25, 0.3) is 0 Å². The quantitative estimate of drug-likeness (QED) is 0.711. The first-order valence-corrected chi connectivity index (χ1v) is 10.9. The van der Waals surface area contributed by atoms with Gasteiger partial charge >= 0.3 is 0 Å². The van der Waals surface area contributed by atoms with Gasteiger partial charge in [0.15, 0.2) is 5.17 Å². The molecule has 1 unspecified atom stereocenters. The molecule has 1 aliphatic heterocycles. The zero-order valence-electron chi connectivity index (χ0n) is 15.0. The monoisotopic (exact) mass is 427 g/mol. The summed E-state index contributed by atoms with van der Waals surface area (Å²) in [6.07, 6.45) is 6.91. The molecule has 1 saturated carbocycles. The van der Waals surface area contributed by atoms with Gasteiger partial charge in [0.05, 0.1) is 15.8 Å². The number of amidine groups is 1. The number of hydrogen-bond acceptors (Lipinski definition) is 4. The second kappa shape index (κ2) is 9.80. The molecule has 0 radical (unpaired) electrons.